The van der Waals surface area contributed by atoms with Crippen molar-refractivity contribution in [2.75, 3.05) is 25.0 Å². The lowest BCUT2D eigenvalue weighted by Gasteiger charge is -2.38. The van der Waals surface area contributed by atoms with Gasteiger partial charge in [0.05, 0.1) is 0 Å². The predicted molar refractivity (Wildman–Crippen MR) is 123 cm³/mol. The van der Waals surface area contributed by atoms with Crippen LogP contribution in [0.4, 0.5) is 5.69 Å². The van der Waals surface area contributed by atoms with Crippen LogP contribution in [0.2, 0.25) is 0 Å². The summed E-state index contributed by atoms with van der Waals surface area (Å²) >= 11 is 0. The molecular weight excluding hydrogens is 390 g/mol. The number of carbonyl (C=O) groups excluding carboxylic acids is 2. The van der Waals surface area contributed by atoms with Crippen molar-refractivity contribution < 1.29 is 14.3 Å². The number of benzene rings is 2. The third-order valence-corrected chi connectivity index (χ3v) is 5.93. The van der Waals surface area contributed by atoms with Crippen molar-refractivity contribution in [2.45, 2.75) is 45.3 Å². The number of anilines is 1. The Bertz CT molecular complexity index is 846. The maximum Gasteiger partial charge on any atom is 0.222 e. The zero-order valence-corrected chi connectivity index (χ0v) is 18.5. The van der Waals surface area contributed by atoms with E-state index in [1.54, 1.807) is 0 Å². The number of nitrogens with zero attached hydrogens (tertiary/aromatic N) is 2. The number of hydrogen-bond acceptors (Lipinski definition) is 4. The summed E-state index contributed by atoms with van der Waals surface area (Å²) in [6.07, 6.45) is 2.50. The lowest BCUT2D eigenvalue weighted by atomic mass is 9.99. The molecule has 2 aromatic rings. The fraction of sp³-hybridized carbons (Fsp3) is 0.440. The van der Waals surface area contributed by atoms with E-state index in [0.717, 1.165) is 42.9 Å². The van der Waals surface area contributed by atoms with Crippen LogP contribution in [0.25, 0.3) is 0 Å². The number of carbonyl (C=O) groups is 2. The van der Waals surface area contributed by atoms with E-state index >= 15 is 0 Å². The maximum absolute atomic E-state index is 12.5. The van der Waals surface area contributed by atoms with Crippen LogP contribution in [-0.4, -0.2) is 42.9 Å². The smallest absolute Gasteiger partial charge is 0.222 e. The number of nitrogens with two attached hydrogens (primary N) is 1. The Labute approximate surface area is 185 Å². The molecule has 31 heavy (non-hydrogen) atoms. The molecule has 0 aromatic heterocycles. The zero-order chi connectivity index (χ0) is 22.2. The Morgan fingerprint density at radius 1 is 1.06 bits per heavy atom. The van der Waals surface area contributed by atoms with Gasteiger partial charge in [0.1, 0.15) is 12.4 Å². The van der Waals surface area contributed by atoms with Crippen molar-refractivity contribution in [1.29, 1.82) is 0 Å². The summed E-state index contributed by atoms with van der Waals surface area (Å²) in [5, 5.41) is 0. The molecular formula is C25H33N3O3. The lowest BCUT2D eigenvalue weighted by Crippen LogP contribution is -2.46. The van der Waals surface area contributed by atoms with Gasteiger partial charge in [-0.25, -0.2) is 0 Å². The molecule has 1 saturated heterocycles. The second kappa shape index (κ2) is 10.8. The number of ether oxygens (including phenoxy) is 1. The van der Waals surface area contributed by atoms with E-state index in [4.69, 9.17) is 10.5 Å². The van der Waals surface area contributed by atoms with Crippen molar-refractivity contribution in [2.24, 2.45) is 11.7 Å². The van der Waals surface area contributed by atoms with Crippen LogP contribution in [0.3, 0.4) is 0 Å². The minimum absolute atomic E-state index is 0.00646. The van der Waals surface area contributed by atoms with Crippen LogP contribution in [0.5, 0.6) is 5.75 Å². The molecule has 1 atom stereocenters. The third-order valence-electron chi connectivity index (χ3n) is 5.93. The maximum atomic E-state index is 12.5. The Morgan fingerprint density at radius 3 is 2.32 bits per heavy atom. The van der Waals surface area contributed by atoms with Gasteiger partial charge in [0.25, 0.3) is 0 Å². The van der Waals surface area contributed by atoms with Crippen LogP contribution in [0.15, 0.2) is 54.6 Å². The Hall–Kier alpha value is -3.02. The van der Waals surface area contributed by atoms with Gasteiger partial charge < -0.3 is 20.3 Å². The van der Waals surface area contributed by atoms with Gasteiger partial charge in [-0.05, 0) is 48.6 Å². The van der Waals surface area contributed by atoms with Crippen molar-refractivity contribution in [3.63, 3.8) is 0 Å². The normalized spacial score (nSPS) is 15.4. The second-order valence-electron chi connectivity index (χ2n) is 8.47. The molecule has 2 N–H and O–H groups in total. The average molecular weight is 424 g/mol. The standard InChI is InChI=1S/C25H33N3O3/c1-19(16-24(26)29)17-25(30)28-14-12-22(13-15-28)27(2)21-8-10-23(11-9-21)31-18-20-6-4-3-5-7-20/h3-11,19,22H,12-18H2,1-2H3,(H2,26,29). The zero-order valence-electron chi connectivity index (χ0n) is 18.5. The quantitative estimate of drug-likeness (QED) is 0.669. The Kier molecular flexibility index (Phi) is 7.93. The molecule has 0 saturated carbocycles. The molecule has 1 unspecified atom stereocenters. The minimum Gasteiger partial charge on any atom is -0.489 e. The number of rotatable bonds is 9. The molecule has 166 valence electrons. The highest BCUT2D eigenvalue weighted by Crippen LogP contribution is 2.25. The average Bonchev–Trinajstić information content (AvgIpc) is 2.78. The van der Waals surface area contributed by atoms with Crippen LogP contribution < -0.4 is 15.4 Å². The number of amides is 2. The number of hydrogen-bond donors (Lipinski definition) is 1. The van der Waals surface area contributed by atoms with Gasteiger partial charge in [0, 0.05) is 44.7 Å². The summed E-state index contributed by atoms with van der Waals surface area (Å²) in [6, 6.07) is 18.7. The second-order valence-corrected chi connectivity index (χ2v) is 8.47. The summed E-state index contributed by atoms with van der Waals surface area (Å²) < 4.78 is 5.88. The summed E-state index contributed by atoms with van der Waals surface area (Å²) in [4.78, 5) is 27.7. The molecule has 2 amide bonds. The van der Waals surface area contributed by atoms with Crippen LogP contribution >= 0.6 is 0 Å². The molecule has 6 heteroatoms. The first-order chi connectivity index (χ1) is 14.9. The van der Waals surface area contributed by atoms with Gasteiger partial charge in [0.2, 0.25) is 11.8 Å². The van der Waals surface area contributed by atoms with Gasteiger partial charge in [-0.2, -0.15) is 0 Å². The van der Waals surface area contributed by atoms with Crippen molar-refractivity contribution in [3.05, 3.63) is 60.2 Å². The molecule has 1 heterocycles. The third kappa shape index (κ3) is 6.74. The van der Waals surface area contributed by atoms with Crippen molar-refractivity contribution >= 4 is 17.5 Å². The van der Waals surface area contributed by atoms with Gasteiger partial charge >= 0.3 is 0 Å². The highest BCUT2D eigenvalue weighted by atomic mass is 16.5. The molecule has 0 bridgehead atoms. The first-order valence-corrected chi connectivity index (χ1v) is 11.0. The molecule has 1 aliphatic rings. The summed E-state index contributed by atoms with van der Waals surface area (Å²) in [7, 11) is 2.11. The van der Waals surface area contributed by atoms with E-state index in [9.17, 15) is 9.59 Å². The first kappa shape index (κ1) is 22.7. The lowest BCUT2D eigenvalue weighted by molar-refractivity contribution is -0.133. The predicted octanol–water partition coefficient (Wildman–Crippen LogP) is 3.59. The van der Waals surface area contributed by atoms with E-state index in [-0.39, 0.29) is 24.2 Å². The van der Waals surface area contributed by atoms with Gasteiger partial charge in [-0.3, -0.25) is 9.59 Å². The molecule has 0 aliphatic carbocycles. The van der Waals surface area contributed by atoms with E-state index in [1.165, 1.54) is 0 Å². The highest BCUT2D eigenvalue weighted by molar-refractivity contribution is 5.78. The summed E-state index contributed by atoms with van der Waals surface area (Å²) in [5.74, 6) is 0.617. The molecule has 0 spiro atoms. The Morgan fingerprint density at radius 2 is 1.71 bits per heavy atom. The first-order valence-electron chi connectivity index (χ1n) is 11.0. The molecule has 2 aromatic carbocycles. The van der Waals surface area contributed by atoms with E-state index in [0.29, 0.717) is 19.1 Å². The SMILES string of the molecule is CC(CC(N)=O)CC(=O)N1CCC(N(C)c2ccc(OCc3ccccc3)cc2)CC1. The van der Waals surface area contributed by atoms with E-state index in [2.05, 4.69) is 36.2 Å². The van der Waals surface area contributed by atoms with Crippen LogP contribution in [0.1, 0.15) is 38.2 Å². The van der Waals surface area contributed by atoms with Gasteiger partial charge in [-0.15, -0.1) is 0 Å². The van der Waals surface area contributed by atoms with E-state index in [1.807, 2.05) is 42.2 Å². The molecule has 3 rings (SSSR count). The van der Waals surface area contributed by atoms with Crippen molar-refractivity contribution in [1.82, 2.24) is 4.90 Å². The number of piperidine rings is 1. The van der Waals surface area contributed by atoms with Crippen LogP contribution in [0, 0.1) is 5.92 Å². The molecule has 1 aliphatic heterocycles. The van der Waals surface area contributed by atoms with E-state index < -0.39 is 0 Å². The summed E-state index contributed by atoms with van der Waals surface area (Å²) in [6.45, 7) is 3.95. The number of primary amides is 1. The van der Waals surface area contributed by atoms with Crippen molar-refractivity contribution in [3.8, 4) is 5.75 Å². The van der Waals surface area contributed by atoms with Gasteiger partial charge in [-0.1, -0.05) is 37.3 Å². The Balaban J connectivity index is 1.46. The van der Waals surface area contributed by atoms with Gasteiger partial charge in [0.15, 0.2) is 0 Å². The molecule has 6 nitrogen and oxygen atoms in total. The summed E-state index contributed by atoms with van der Waals surface area (Å²) in [5.41, 5.74) is 7.52. The monoisotopic (exact) mass is 423 g/mol. The topological polar surface area (TPSA) is 75.9 Å². The fourth-order valence-electron chi connectivity index (χ4n) is 4.07. The number of likely N-dealkylation sites (tertiary alicyclic amines) is 1. The molecule has 0 radical (unpaired) electrons. The molecule has 1 fully saturated rings. The minimum atomic E-state index is -0.350. The highest BCUT2D eigenvalue weighted by Gasteiger charge is 2.26. The fourth-order valence-corrected chi connectivity index (χ4v) is 4.07. The van der Waals surface area contributed by atoms with Crippen LogP contribution in [-0.2, 0) is 16.2 Å². The largest absolute Gasteiger partial charge is 0.489 e.